The highest BCUT2D eigenvalue weighted by Gasteiger charge is 2.25. The number of ketones is 1. The maximum absolute atomic E-state index is 12.9. The van der Waals surface area contributed by atoms with Gasteiger partial charge in [-0.25, -0.2) is 0 Å². The second-order valence-electron chi connectivity index (χ2n) is 5.29. The minimum Gasteiger partial charge on any atom is -0.493 e. The number of thioether (sulfide) groups is 1. The van der Waals surface area contributed by atoms with E-state index in [1.165, 1.54) is 10.4 Å². The van der Waals surface area contributed by atoms with Gasteiger partial charge in [-0.15, -0.1) is 11.3 Å². The maximum atomic E-state index is 12.9. The molecule has 0 radical (unpaired) electrons. The molecule has 0 amide bonds. The minimum absolute atomic E-state index is 0.0162. The summed E-state index contributed by atoms with van der Waals surface area (Å²) in [5.41, 5.74) is 1.87. The zero-order chi connectivity index (χ0) is 15.0. The van der Waals surface area contributed by atoms with Crippen molar-refractivity contribution in [3.63, 3.8) is 0 Å². The summed E-state index contributed by atoms with van der Waals surface area (Å²) in [5.74, 6) is 2.73. The molecule has 4 nitrogen and oxygen atoms in total. The third-order valence-corrected chi connectivity index (χ3v) is 5.78. The Balaban J connectivity index is 2.02. The lowest BCUT2D eigenvalue weighted by atomic mass is 10.1. The van der Waals surface area contributed by atoms with Crippen molar-refractivity contribution in [3.05, 3.63) is 33.3 Å². The Labute approximate surface area is 132 Å². The molecule has 0 aliphatic carbocycles. The Hall–Kier alpha value is -1.27. The molecule has 21 heavy (non-hydrogen) atoms. The monoisotopic (exact) mass is 322 g/mol. The third-order valence-electron chi connectivity index (χ3n) is 3.54. The van der Waals surface area contributed by atoms with Crippen LogP contribution in [0.5, 0.6) is 5.75 Å². The number of methoxy groups -OCH3 is 1. The summed E-state index contributed by atoms with van der Waals surface area (Å²) < 4.78 is 7.06. The van der Waals surface area contributed by atoms with Gasteiger partial charge in [0.15, 0.2) is 11.4 Å². The smallest absolute Gasteiger partial charge is 0.224 e. The SMILES string of the molecule is COc1cnn(C(C)C)c1C(=O)c1cc2c(s1)CCSC2. The summed E-state index contributed by atoms with van der Waals surface area (Å²) in [6.07, 6.45) is 2.69. The molecule has 0 bridgehead atoms. The van der Waals surface area contributed by atoms with Crippen molar-refractivity contribution in [1.82, 2.24) is 9.78 Å². The van der Waals surface area contributed by atoms with E-state index in [-0.39, 0.29) is 11.8 Å². The number of hydrogen-bond acceptors (Lipinski definition) is 5. The van der Waals surface area contributed by atoms with Gasteiger partial charge < -0.3 is 4.74 Å². The Bertz CT molecular complexity index is 650. The Morgan fingerprint density at radius 2 is 2.29 bits per heavy atom. The number of ether oxygens (including phenoxy) is 1. The minimum atomic E-state index is 0.0162. The molecule has 0 unspecified atom stereocenters. The summed E-state index contributed by atoms with van der Waals surface area (Å²) in [6, 6.07) is 2.17. The highest BCUT2D eigenvalue weighted by molar-refractivity contribution is 7.98. The Morgan fingerprint density at radius 1 is 1.48 bits per heavy atom. The molecule has 3 heterocycles. The van der Waals surface area contributed by atoms with Crippen LogP contribution in [0.4, 0.5) is 0 Å². The lowest BCUT2D eigenvalue weighted by Crippen LogP contribution is -2.13. The molecule has 0 spiro atoms. The van der Waals surface area contributed by atoms with E-state index in [0.717, 1.165) is 22.8 Å². The van der Waals surface area contributed by atoms with Crippen molar-refractivity contribution in [2.24, 2.45) is 0 Å². The van der Waals surface area contributed by atoms with Gasteiger partial charge in [0.1, 0.15) is 0 Å². The van der Waals surface area contributed by atoms with Crippen LogP contribution in [-0.2, 0) is 12.2 Å². The molecule has 6 heteroatoms. The molecular formula is C15H18N2O2S2. The van der Waals surface area contributed by atoms with Crippen LogP contribution < -0.4 is 4.74 Å². The molecule has 3 rings (SSSR count). The van der Waals surface area contributed by atoms with Crippen LogP contribution in [0.3, 0.4) is 0 Å². The number of aromatic nitrogens is 2. The number of nitrogens with zero attached hydrogens (tertiary/aromatic N) is 2. The number of carbonyl (C=O) groups excluding carboxylic acids is 1. The van der Waals surface area contributed by atoms with E-state index in [4.69, 9.17) is 4.74 Å². The van der Waals surface area contributed by atoms with E-state index < -0.39 is 0 Å². The summed E-state index contributed by atoms with van der Waals surface area (Å²) in [7, 11) is 1.58. The average Bonchev–Trinajstić information content (AvgIpc) is 3.09. The molecule has 0 saturated carbocycles. The molecule has 0 N–H and O–H groups in total. The van der Waals surface area contributed by atoms with Crippen molar-refractivity contribution >= 4 is 28.9 Å². The van der Waals surface area contributed by atoms with Crippen molar-refractivity contribution in [2.45, 2.75) is 32.1 Å². The van der Waals surface area contributed by atoms with Crippen LogP contribution in [-0.4, -0.2) is 28.4 Å². The maximum Gasteiger partial charge on any atom is 0.224 e. The first-order valence-corrected chi connectivity index (χ1v) is 8.94. The molecule has 0 aromatic carbocycles. The Morgan fingerprint density at radius 3 is 2.95 bits per heavy atom. The summed E-state index contributed by atoms with van der Waals surface area (Å²) in [5, 5.41) is 4.29. The molecule has 0 saturated heterocycles. The fourth-order valence-corrected chi connectivity index (χ4v) is 4.79. The van der Waals surface area contributed by atoms with Gasteiger partial charge in [-0.1, -0.05) is 0 Å². The van der Waals surface area contributed by atoms with Crippen molar-refractivity contribution < 1.29 is 9.53 Å². The highest BCUT2D eigenvalue weighted by atomic mass is 32.2. The number of fused-ring (bicyclic) bond motifs is 1. The van der Waals surface area contributed by atoms with Crippen molar-refractivity contribution in [2.75, 3.05) is 12.9 Å². The van der Waals surface area contributed by atoms with E-state index in [9.17, 15) is 4.79 Å². The average molecular weight is 322 g/mol. The molecule has 112 valence electrons. The van der Waals surface area contributed by atoms with Gasteiger partial charge in [0.05, 0.1) is 18.2 Å². The van der Waals surface area contributed by atoms with Crippen LogP contribution in [0.2, 0.25) is 0 Å². The van der Waals surface area contributed by atoms with Crippen LogP contribution in [0.15, 0.2) is 12.3 Å². The molecule has 2 aromatic heterocycles. The van der Waals surface area contributed by atoms with E-state index >= 15 is 0 Å². The van der Waals surface area contributed by atoms with Crippen LogP contribution >= 0.6 is 23.1 Å². The van der Waals surface area contributed by atoms with E-state index in [1.54, 1.807) is 29.3 Å². The molecule has 0 atom stereocenters. The topological polar surface area (TPSA) is 44.1 Å². The second-order valence-corrected chi connectivity index (χ2v) is 7.53. The number of thiophene rings is 1. The van der Waals surface area contributed by atoms with Gasteiger partial charge >= 0.3 is 0 Å². The predicted molar refractivity (Wildman–Crippen MR) is 86.8 cm³/mol. The number of carbonyl (C=O) groups is 1. The largest absolute Gasteiger partial charge is 0.493 e. The zero-order valence-electron chi connectivity index (χ0n) is 12.4. The fraction of sp³-hybridized carbons (Fsp3) is 0.467. The van der Waals surface area contributed by atoms with Gasteiger partial charge in [0, 0.05) is 16.7 Å². The first-order valence-electron chi connectivity index (χ1n) is 6.97. The highest BCUT2D eigenvalue weighted by Crippen LogP contribution is 2.34. The molecule has 1 aliphatic rings. The van der Waals surface area contributed by atoms with E-state index in [0.29, 0.717) is 11.4 Å². The lowest BCUT2D eigenvalue weighted by molar-refractivity contribution is 0.102. The lowest BCUT2D eigenvalue weighted by Gasteiger charge is -2.10. The molecule has 1 aliphatic heterocycles. The van der Waals surface area contributed by atoms with Gasteiger partial charge in [-0.2, -0.15) is 16.9 Å². The first kappa shape index (κ1) is 14.7. The van der Waals surface area contributed by atoms with Gasteiger partial charge in [0.2, 0.25) is 5.78 Å². The third kappa shape index (κ3) is 2.62. The zero-order valence-corrected chi connectivity index (χ0v) is 14.0. The molecular weight excluding hydrogens is 304 g/mol. The quantitative estimate of drug-likeness (QED) is 0.808. The summed E-state index contributed by atoms with van der Waals surface area (Å²) in [6.45, 7) is 4.03. The molecule has 2 aromatic rings. The van der Waals surface area contributed by atoms with Gasteiger partial charge in [-0.05, 0) is 37.7 Å². The predicted octanol–water partition coefficient (Wildman–Crippen LogP) is 3.55. The van der Waals surface area contributed by atoms with Crippen LogP contribution in [0.1, 0.15) is 45.7 Å². The van der Waals surface area contributed by atoms with E-state index in [1.807, 2.05) is 31.7 Å². The van der Waals surface area contributed by atoms with E-state index in [2.05, 4.69) is 5.10 Å². The summed E-state index contributed by atoms with van der Waals surface area (Å²) in [4.78, 5) is 15.0. The van der Waals surface area contributed by atoms with Gasteiger partial charge in [0.25, 0.3) is 0 Å². The van der Waals surface area contributed by atoms with Gasteiger partial charge in [-0.3, -0.25) is 9.48 Å². The standard InChI is InChI=1S/C15H18N2O2S2/c1-9(2)17-14(11(19-3)7-16-17)15(18)13-6-10-8-20-5-4-12(10)21-13/h6-7,9H,4-5,8H2,1-3H3. The van der Waals surface area contributed by atoms with Crippen LogP contribution in [0.25, 0.3) is 0 Å². The number of hydrogen-bond donors (Lipinski definition) is 0. The second kappa shape index (κ2) is 5.85. The number of rotatable bonds is 4. The van der Waals surface area contributed by atoms with Crippen LogP contribution in [0, 0.1) is 0 Å². The number of aryl methyl sites for hydroxylation is 1. The fourth-order valence-electron chi connectivity index (χ4n) is 2.48. The normalized spacial score (nSPS) is 14.3. The summed E-state index contributed by atoms with van der Waals surface area (Å²) >= 11 is 3.55. The Kier molecular flexibility index (Phi) is 4.08. The van der Waals surface area contributed by atoms with Crippen molar-refractivity contribution in [3.8, 4) is 5.75 Å². The molecule has 0 fully saturated rings. The first-order chi connectivity index (χ1) is 10.1. The van der Waals surface area contributed by atoms with Crippen molar-refractivity contribution in [1.29, 1.82) is 0 Å².